The van der Waals surface area contributed by atoms with Gasteiger partial charge in [-0.05, 0) is 43.8 Å². The van der Waals surface area contributed by atoms with Gasteiger partial charge in [0, 0.05) is 25.4 Å². The van der Waals surface area contributed by atoms with Crippen LogP contribution in [0.3, 0.4) is 0 Å². The summed E-state index contributed by atoms with van der Waals surface area (Å²) in [5.41, 5.74) is 3.05. The largest absolute Gasteiger partial charge is 0.487 e. The third kappa shape index (κ3) is 4.67. The van der Waals surface area contributed by atoms with Crippen LogP contribution in [0.4, 0.5) is 0 Å². The summed E-state index contributed by atoms with van der Waals surface area (Å²) in [6, 6.07) is 15.9. The molecule has 2 heterocycles. The van der Waals surface area contributed by atoms with Crippen LogP contribution in [0, 0.1) is 6.92 Å². The standard InChI is InChI=1S/C19H21N3O2/c1-15-10-18(21-24-15)13-22(2)12-16-6-5-8-19(11-16)23-14-17-7-3-4-9-20-17/h3-11H,12-14H2,1-2H3. The molecule has 0 N–H and O–H groups in total. The lowest BCUT2D eigenvalue weighted by Gasteiger charge is -2.15. The van der Waals surface area contributed by atoms with Gasteiger partial charge in [-0.2, -0.15) is 0 Å². The first-order chi connectivity index (χ1) is 11.7. The highest BCUT2D eigenvalue weighted by Crippen LogP contribution is 2.16. The Bertz CT molecular complexity index is 771. The quantitative estimate of drug-likeness (QED) is 0.665. The Kier molecular flexibility index (Phi) is 5.23. The number of hydrogen-bond acceptors (Lipinski definition) is 5. The molecule has 3 rings (SSSR count). The number of rotatable bonds is 7. The summed E-state index contributed by atoms with van der Waals surface area (Å²) in [5, 5.41) is 4.03. The van der Waals surface area contributed by atoms with E-state index in [9.17, 15) is 0 Å². The zero-order valence-electron chi connectivity index (χ0n) is 14.0. The van der Waals surface area contributed by atoms with Gasteiger partial charge in [0.05, 0.1) is 11.4 Å². The maximum absolute atomic E-state index is 5.83. The lowest BCUT2D eigenvalue weighted by molar-refractivity contribution is 0.293. The highest BCUT2D eigenvalue weighted by molar-refractivity contribution is 5.28. The Morgan fingerprint density at radius 3 is 2.71 bits per heavy atom. The lowest BCUT2D eigenvalue weighted by atomic mass is 10.2. The van der Waals surface area contributed by atoms with Gasteiger partial charge in [0.2, 0.25) is 0 Å². The van der Waals surface area contributed by atoms with Crippen molar-refractivity contribution in [3.8, 4) is 5.75 Å². The third-order valence-corrected chi connectivity index (χ3v) is 3.57. The molecule has 0 bridgehead atoms. The number of ether oxygens (including phenoxy) is 1. The van der Waals surface area contributed by atoms with Crippen LogP contribution in [0.1, 0.15) is 22.7 Å². The van der Waals surface area contributed by atoms with E-state index in [1.165, 1.54) is 5.56 Å². The maximum Gasteiger partial charge on any atom is 0.133 e. The summed E-state index contributed by atoms with van der Waals surface area (Å²) in [5.74, 6) is 1.69. The molecule has 0 amide bonds. The van der Waals surface area contributed by atoms with Gasteiger partial charge in [0.25, 0.3) is 0 Å². The summed E-state index contributed by atoms with van der Waals surface area (Å²) in [7, 11) is 2.06. The van der Waals surface area contributed by atoms with Crippen molar-refractivity contribution in [3.05, 3.63) is 77.4 Å². The number of aryl methyl sites for hydroxylation is 1. The molecule has 5 heteroatoms. The second kappa shape index (κ2) is 7.75. The van der Waals surface area contributed by atoms with E-state index >= 15 is 0 Å². The molecule has 1 aromatic carbocycles. The monoisotopic (exact) mass is 323 g/mol. The Hall–Kier alpha value is -2.66. The van der Waals surface area contributed by atoms with Crippen LogP contribution in [0.25, 0.3) is 0 Å². The van der Waals surface area contributed by atoms with Crippen molar-refractivity contribution < 1.29 is 9.26 Å². The Morgan fingerprint density at radius 2 is 1.96 bits per heavy atom. The summed E-state index contributed by atoms with van der Waals surface area (Å²) >= 11 is 0. The first-order valence-electron chi connectivity index (χ1n) is 7.91. The first-order valence-corrected chi connectivity index (χ1v) is 7.91. The van der Waals surface area contributed by atoms with Gasteiger partial charge in [0.1, 0.15) is 18.1 Å². The summed E-state index contributed by atoms with van der Waals surface area (Å²) in [4.78, 5) is 6.45. The molecule has 0 unspecified atom stereocenters. The van der Waals surface area contributed by atoms with Crippen molar-refractivity contribution in [2.75, 3.05) is 7.05 Å². The Balaban J connectivity index is 1.56. The zero-order valence-corrected chi connectivity index (χ0v) is 14.0. The van der Waals surface area contributed by atoms with Crippen molar-refractivity contribution in [1.29, 1.82) is 0 Å². The molecular formula is C19H21N3O2. The van der Waals surface area contributed by atoms with Crippen molar-refractivity contribution >= 4 is 0 Å². The van der Waals surface area contributed by atoms with Gasteiger partial charge in [-0.1, -0.05) is 23.4 Å². The van der Waals surface area contributed by atoms with Gasteiger partial charge in [-0.3, -0.25) is 9.88 Å². The number of hydrogen-bond donors (Lipinski definition) is 0. The van der Waals surface area contributed by atoms with E-state index in [1.807, 2.05) is 43.3 Å². The van der Waals surface area contributed by atoms with Crippen LogP contribution in [0.5, 0.6) is 5.75 Å². The number of benzene rings is 1. The van der Waals surface area contributed by atoms with Gasteiger partial charge in [-0.15, -0.1) is 0 Å². The van der Waals surface area contributed by atoms with Gasteiger partial charge >= 0.3 is 0 Å². The molecule has 3 aromatic rings. The minimum Gasteiger partial charge on any atom is -0.487 e. The van der Waals surface area contributed by atoms with E-state index in [1.54, 1.807) is 6.20 Å². The maximum atomic E-state index is 5.83. The number of aromatic nitrogens is 2. The molecule has 0 atom stereocenters. The second-order valence-electron chi connectivity index (χ2n) is 5.86. The fourth-order valence-electron chi connectivity index (χ4n) is 2.51. The van der Waals surface area contributed by atoms with Gasteiger partial charge < -0.3 is 9.26 Å². The molecule has 0 spiro atoms. The van der Waals surface area contributed by atoms with Crippen LogP contribution >= 0.6 is 0 Å². The van der Waals surface area contributed by atoms with Crippen molar-refractivity contribution in [3.63, 3.8) is 0 Å². The van der Waals surface area contributed by atoms with Crippen LogP contribution in [-0.4, -0.2) is 22.1 Å². The van der Waals surface area contributed by atoms with E-state index in [2.05, 4.69) is 34.2 Å². The smallest absolute Gasteiger partial charge is 0.133 e. The lowest BCUT2D eigenvalue weighted by Crippen LogP contribution is -2.17. The minimum absolute atomic E-state index is 0.471. The molecule has 0 saturated carbocycles. The van der Waals surface area contributed by atoms with E-state index in [0.717, 1.165) is 36.0 Å². The van der Waals surface area contributed by atoms with Crippen molar-refractivity contribution in [1.82, 2.24) is 15.0 Å². The molecular weight excluding hydrogens is 302 g/mol. The highest BCUT2D eigenvalue weighted by atomic mass is 16.5. The average Bonchev–Trinajstić information content (AvgIpc) is 2.99. The minimum atomic E-state index is 0.471. The summed E-state index contributed by atoms with van der Waals surface area (Å²) in [6.07, 6.45) is 1.77. The molecule has 0 aliphatic carbocycles. The Morgan fingerprint density at radius 1 is 1.04 bits per heavy atom. The SMILES string of the molecule is Cc1cc(CN(C)Cc2cccc(OCc3ccccn3)c2)no1. The topological polar surface area (TPSA) is 51.4 Å². The number of pyridine rings is 1. The molecule has 2 aromatic heterocycles. The average molecular weight is 323 g/mol. The molecule has 0 radical (unpaired) electrons. The van der Waals surface area contributed by atoms with Crippen molar-refractivity contribution in [2.45, 2.75) is 26.6 Å². The second-order valence-corrected chi connectivity index (χ2v) is 5.86. The fraction of sp³-hybridized carbons (Fsp3) is 0.263. The number of nitrogens with zero attached hydrogens (tertiary/aromatic N) is 3. The van der Waals surface area contributed by atoms with Crippen LogP contribution in [0.2, 0.25) is 0 Å². The molecule has 0 saturated heterocycles. The summed E-state index contributed by atoms with van der Waals surface area (Å²) < 4.78 is 10.9. The first kappa shape index (κ1) is 16.2. The molecule has 5 nitrogen and oxygen atoms in total. The van der Waals surface area contributed by atoms with E-state index < -0.39 is 0 Å². The molecule has 0 fully saturated rings. The van der Waals surface area contributed by atoms with Crippen LogP contribution in [0.15, 0.2) is 59.3 Å². The van der Waals surface area contributed by atoms with Crippen LogP contribution < -0.4 is 4.74 Å². The van der Waals surface area contributed by atoms with E-state index in [0.29, 0.717) is 6.61 Å². The predicted octanol–water partition coefficient (Wildman–Crippen LogP) is 3.59. The molecule has 124 valence electrons. The molecule has 0 aliphatic heterocycles. The third-order valence-electron chi connectivity index (χ3n) is 3.57. The fourth-order valence-corrected chi connectivity index (χ4v) is 2.51. The van der Waals surface area contributed by atoms with E-state index in [-0.39, 0.29) is 0 Å². The zero-order chi connectivity index (χ0) is 16.8. The normalized spacial score (nSPS) is 11.0. The molecule has 24 heavy (non-hydrogen) atoms. The molecule has 0 aliphatic rings. The summed E-state index contributed by atoms with van der Waals surface area (Å²) in [6.45, 7) is 3.93. The highest BCUT2D eigenvalue weighted by Gasteiger charge is 2.06. The Labute approximate surface area is 141 Å². The van der Waals surface area contributed by atoms with Crippen molar-refractivity contribution in [2.24, 2.45) is 0 Å². The van der Waals surface area contributed by atoms with Crippen LogP contribution in [-0.2, 0) is 19.7 Å². The van der Waals surface area contributed by atoms with E-state index in [4.69, 9.17) is 9.26 Å². The van der Waals surface area contributed by atoms with Gasteiger partial charge in [-0.25, -0.2) is 0 Å². The predicted molar refractivity (Wildman–Crippen MR) is 91.4 cm³/mol. The van der Waals surface area contributed by atoms with Gasteiger partial charge in [0.15, 0.2) is 0 Å².